The van der Waals surface area contributed by atoms with Crippen LogP contribution in [0.15, 0.2) is 33.5 Å². The van der Waals surface area contributed by atoms with Crippen LogP contribution in [0.5, 0.6) is 0 Å². The molecule has 0 bridgehead atoms. The van der Waals surface area contributed by atoms with E-state index in [2.05, 4.69) is 5.10 Å². The van der Waals surface area contributed by atoms with Gasteiger partial charge in [0.25, 0.3) is 0 Å². The lowest BCUT2D eigenvalue weighted by Gasteiger charge is -2.01. The van der Waals surface area contributed by atoms with Gasteiger partial charge in [-0.2, -0.15) is 4.68 Å². The molecule has 2 rings (SSSR count). The monoisotopic (exact) mass is 205 g/mol. The second kappa shape index (κ2) is 3.70. The van der Waals surface area contributed by atoms with E-state index in [4.69, 9.17) is 10.2 Å². The Kier molecular flexibility index (Phi) is 2.39. The third kappa shape index (κ3) is 1.69. The molecule has 0 amide bonds. The van der Waals surface area contributed by atoms with Crippen molar-refractivity contribution in [1.82, 2.24) is 9.78 Å². The van der Waals surface area contributed by atoms with Gasteiger partial charge in [-0.05, 0) is 11.6 Å². The maximum Gasteiger partial charge on any atom is 0.437 e. The summed E-state index contributed by atoms with van der Waals surface area (Å²) < 4.78 is 6.14. The molecule has 2 N–H and O–H groups in total. The Morgan fingerprint density at radius 2 is 2.20 bits per heavy atom. The molecule has 5 nitrogen and oxygen atoms in total. The van der Waals surface area contributed by atoms with E-state index < -0.39 is 5.76 Å². The summed E-state index contributed by atoms with van der Waals surface area (Å²) in [5.74, 6) is -0.166. The van der Waals surface area contributed by atoms with Gasteiger partial charge in [0.05, 0.1) is 0 Å². The fraction of sp³-hybridized carbons (Fsp3) is 0.200. The van der Waals surface area contributed by atoms with E-state index in [1.54, 1.807) is 7.05 Å². The zero-order valence-electron chi connectivity index (χ0n) is 8.30. The van der Waals surface area contributed by atoms with Crippen molar-refractivity contribution in [2.45, 2.75) is 6.54 Å². The Labute approximate surface area is 86.1 Å². The SMILES string of the molecule is Cn1nc(-c2ccccc2CN)oc1=O. The summed E-state index contributed by atoms with van der Waals surface area (Å²) in [6, 6.07) is 7.44. The van der Waals surface area contributed by atoms with Gasteiger partial charge in [0.2, 0.25) is 5.89 Å². The van der Waals surface area contributed by atoms with Gasteiger partial charge in [0.1, 0.15) is 0 Å². The zero-order valence-corrected chi connectivity index (χ0v) is 8.30. The first-order chi connectivity index (χ1) is 7.22. The van der Waals surface area contributed by atoms with Gasteiger partial charge >= 0.3 is 5.76 Å². The summed E-state index contributed by atoms with van der Waals surface area (Å²) in [4.78, 5) is 11.1. The van der Waals surface area contributed by atoms with E-state index >= 15 is 0 Å². The minimum absolute atomic E-state index is 0.309. The van der Waals surface area contributed by atoms with E-state index in [-0.39, 0.29) is 0 Å². The molecule has 0 aliphatic carbocycles. The van der Waals surface area contributed by atoms with Crippen molar-refractivity contribution in [3.8, 4) is 11.5 Å². The van der Waals surface area contributed by atoms with Crippen molar-refractivity contribution in [3.05, 3.63) is 40.4 Å². The second-order valence-corrected chi connectivity index (χ2v) is 3.16. The smallest absolute Gasteiger partial charge is 0.388 e. The van der Waals surface area contributed by atoms with Gasteiger partial charge < -0.3 is 10.2 Å². The van der Waals surface area contributed by atoms with Crippen LogP contribution in [0.2, 0.25) is 0 Å². The highest BCUT2D eigenvalue weighted by atomic mass is 16.4. The molecule has 0 atom stereocenters. The van der Waals surface area contributed by atoms with E-state index in [9.17, 15) is 4.79 Å². The molecule has 0 radical (unpaired) electrons. The number of nitrogens with zero attached hydrogens (tertiary/aromatic N) is 2. The predicted molar refractivity (Wildman–Crippen MR) is 55.1 cm³/mol. The molecule has 1 aromatic heterocycles. The molecule has 0 unspecified atom stereocenters. The lowest BCUT2D eigenvalue weighted by molar-refractivity contribution is 0.505. The average molecular weight is 205 g/mol. The third-order valence-electron chi connectivity index (χ3n) is 2.16. The van der Waals surface area contributed by atoms with E-state index in [0.717, 1.165) is 15.8 Å². The summed E-state index contributed by atoms with van der Waals surface area (Å²) in [6.07, 6.45) is 0. The number of nitrogens with two attached hydrogens (primary N) is 1. The highest BCUT2D eigenvalue weighted by molar-refractivity contribution is 5.57. The molecule has 2 aromatic rings. The van der Waals surface area contributed by atoms with Gasteiger partial charge in [-0.1, -0.05) is 18.2 Å². The van der Waals surface area contributed by atoms with Crippen molar-refractivity contribution >= 4 is 0 Å². The van der Waals surface area contributed by atoms with Gasteiger partial charge in [0.15, 0.2) is 0 Å². The summed E-state index contributed by atoms with van der Waals surface area (Å²) in [5.41, 5.74) is 7.24. The van der Waals surface area contributed by atoms with Crippen LogP contribution < -0.4 is 11.5 Å². The number of aryl methyl sites for hydroxylation is 1. The van der Waals surface area contributed by atoms with E-state index in [0.29, 0.717) is 12.4 Å². The average Bonchev–Trinajstić information content (AvgIpc) is 2.59. The molecule has 0 saturated carbocycles. The molecule has 78 valence electrons. The minimum atomic E-state index is -0.475. The molecule has 0 aliphatic rings. The second-order valence-electron chi connectivity index (χ2n) is 3.16. The van der Waals surface area contributed by atoms with Gasteiger partial charge in [-0.3, -0.25) is 0 Å². The normalized spacial score (nSPS) is 10.5. The molecular weight excluding hydrogens is 194 g/mol. The van der Waals surface area contributed by atoms with E-state index in [1.165, 1.54) is 0 Å². The highest BCUT2D eigenvalue weighted by Gasteiger charge is 2.10. The summed E-state index contributed by atoms with van der Waals surface area (Å²) in [6.45, 7) is 0.385. The Morgan fingerprint density at radius 1 is 1.47 bits per heavy atom. The van der Waals surface area contributed by atoms with Crippen molar-refractivity contribution in [2.75, 3.05) is 0 Å². The fourth-order valence-corrected chi connectivity index (χ4v) is 1.36. The van der Waals surface area contributed by atoms with Crippen LogP contribution >= 0.6 is 0 Å². The van der Waals surface area contributed by atoms with Gasteiger partial charge in [0, 0.05) is 19.2 Å². The number of hydrogen-bond donors (Lipinski definition) is 1. The zero-order chi connectivity index (χ0) is 10.8. The predicted octanol–water partition coefficient (Wildman–Crippen LogP) is 0.499. The minimum Gasteiger partial charge on any atom is -0.388 e. The maximum absolute atomic E-state index is 11.1. The van der Waals surface area contributed by atoms with Crippen LogP contribution in [0.25, 0.3) is 11.5 Å². The van der Waals surface area contributed by atoms with Crippen molar-refractivity contribution in [1.29, 1.82) is 0 Å². The molecule has 0 aliphatic heterocycles. The Balaban J connectivity index is 2.58. The first-order valence-corrected chi connectivity index (χ1v) is 4.55. The Bertz CT molecular complexity index is 527. The quantitative estimate of drug-likeness (QED) is 0.774. The van der Waals surface area contributed by atoms with Crippen LogP contribution in [0, 0.1) is 0 Å². The topological polar surface area (TPSA) is 74.1 Å². The van der Waals surface area contributed by atoms with Crippen LogP contribution in [0.4, 0.5) is 0 Å². The number of hydrogen-bond acceptors (Lipinski definition) is 4. The first-order valence-electron chi connectivity index (χ1n) is 4.55. The van der Waals surface area contributed by atoms with Gasteiger partial charge in [-0.15, -0.1) is 5.10 Å². The number of rotatable bonds is 2. The third-order valence-corrected chi connectivity index (χ3v) is 2.16. The first kappa shape index (κ1) is 9.67. The largest absolute Gasteiger partial charge is 0.437 e. The standard InChI is InChI=1S/C10H11N3O2/c1-13-10(14)15-9(12-13)8-5-3-2-4-7(8)6-11/h2-5H,6,11H2,1H3. The Morgan fingerprint density at radius 3 is 2.80 bits per heavy atom. The van der Waals surface area contributed by atoms with E-state index in [1.807, 2.05) is 24.3 Å². The molecule has 0 spiro atoms. The van der Waals surface area contributed by atoms with Crippen molar-refractivity contribution < 1.29 is 4.42 Å². The molecule has 5 heteroatoms. The van der Waals surface area contributed by atoms with Crippen molar-refractivity contribution in [3.63, 3.8) is 0 Å². The fourth-order valence-electron chi connectivity index (χ4n) is 1.36. The molecule has 1 aromatic carbocycles. The molecule has 15 heavy (non-hydrogen) atoms. The van der Waals surface area contributed by atoms with Crippen molar-refractivity contribution in [2.24, 2.45) is 12.8 Å². The van der Waals surface area contributed by atoms with Crippen LogP contribution in [-0.4, -0.2) is 9.78 Å². The molecular formula is C10H11N3O2. The molecule has 1 heterocycles. The molecule has 0 fully saturated rings. The number of benzene rings is 1. The summed E-state index contributed by atoms with van der Waals surface area (Å²) in [7, 11) is 1.54. The molecule has 0 saturated heterocycles. The summed E-state index contributed by atoms with van der Waals surface area (Å²) >= 11 is 0. The summed E-state index contributed by atoms with van der Waals surface area (Å²) in [5, 5.41) is 3.97. The van der Waals surface area contributed by atoms with Crippen LogP contribution in [0.3, 0.4) is 0 Å². The Hall–Kier alpha value is -1.88. The van der Waals surface area contributed by atoms with Gasteiger partial charge in [-0.25, -0.2) is 4.79 Å². The maximum atomic E-state index is 11.1. The number of aromatic nitrogens is 2. The lowest BCUT2D eigenvalue weighted by Crippen LogP contribution is -2.09. The van der Waals surface area contributed by atoms with Crippen LogP contribution in [-0.2, 0) is 13.6 Å². The van der Waals surface area contributed by atoms with Crippen LogP contribution in [0.1, 0.15) is 5.56 Å². The lowest BCUT2D eigenvalue weighted by atomic mass is 10.1. The highest BCUT2D eigenvalue weighted by Crippen LogP contribution is 2.19.